The molecule has 1 aromatic rings. The van der Waals surface area contributed by atoms with Gasteiger partial charge in [0, 0.05) is 6.42 Å². The van der Waals surface area contributed by atoms with Crippen LogP contribution in [0.15, 0.2) is 12.1 Å². The lowest BCUT2D eigenvalue weighted by molar-refractivity contribution is -0.143. The quantitative estimate of drug-likeness (QED) is 0.841. The average Bonchev–Trinajstić information content (AvgIpc) is 2.28. The zero-order valence-corrected chi connectivity index (χ0v) is 11.4. The lowest BCUT2D eigenvalue weighted by Gasteiger charge is -2.20. The molecule has 0 radical (unpaired) electrons. The van der Waals surface area contributed by atoms with E-state index < -0.39 is 11.5 Å². The standard InChI is InChI=1S/C14H21NO3/c1-9-5-6-10(2)12(11(9)3)18-8-7-14(4,15)13(16)17/h5-6H,7-8,15H2,1-4H3,(H,16,17). The molecule has 4 nitrogen and oxygen atoms in total. The first-order valence-corrected chi connectivity index (χ1v) is 5.97. The fourth-order valence-corrected chi connectivity index (χ4v) is 1.62. The molecule has 0 saturated carbocycles. The number of nitrogens with two attached hydrogens (primary N) is 1. The second-order valence-electron chi connectivity index (χ2n) is 4.97. The number of rotatable bonds is 5. The van der Waals surface area contributed by atoms with E-state index in [1.54, 1.807) is 0 Å². The Bertz CT molecular complexity index is 453. The summed E-state index contributed by atoms with van der Waals surface area (Å²) < 4.78 is 5.69. The Kier molecular flexibility index (Phi) is 4.35. The van der Waals surface area contributed by atoms with Crippen molar-refractivity contribution < 1.29 is 14.6 Å². The van der Waals surface area contributed by atoms with Crippen molar-refractivity contribution in [1.29, 1.82) is 0 Å². The fourth-order valence-electron chi connectivity index (χ4n) is 1.62. The van der Waals surface area contributed by atoms with Gasteiger partial charge in [-0.15, -0.1) is 0 Å². The van der Waals surface area contributed by atoms with E-state index in [2.05, 4.69) is 0 Å². The van der Waals surface area contributed by atoms with E-state index in [1.807, 2.05) is 32.9 Å². The van der Waals surface area contributed by atoms with Gasteiger partial charge in [-0.2, -0.15) is 0 Å². The van der Waals surface area contributed by atoms with Gasteiger partial charge >= 0.3 is 5.97 Å². The first kappa shape index (κ1) is 14.5. The topological polar surface area (TPSA) is 72.5 Å². The summed E-state index contributed by atoms with van der Waals surface area (Å²) >= 11 is 0. The second-order valence-corrected chi connectivity index (χ2v) is 4.97. The molecule has 0 amide bonds. The van der Waals surface area contributed by atoms with E-state index in [0.717, 1.165) is 22.4 Å². The lowest BCUT2D eigenvalue weighted by atomic mass is 10.0. The minimum Gasteiger partial charge on any atom is -0.493 e. The SMILES string of the molecule is Cc1ccc(C)c(OCCC(C)(N)C(=O)O)c1C. The molecule has 0 heterocycles. The van der Waals surface area contributed by atoms with Crippen LogP contribution in [0.4, 0.5) is 0 Å². The highest BCUT2D eigenvalue weighted by Gasteiger charge is 2.27. The summed E-state index contributed by atoms with van der Waals surface area (Å²) in [5.74, 6) is -0.181. The molecule has 1 aromatic carbocycles. The summed E-state index contributed by atoms with van der Waals surface area (Å²) in [6, 6.07) is 4.04. The van der Waals surface area contributed by atoms with Crippen LogP contribution in [-0.2, 0) is 4.79 Å². The molecule has 18 heavy (non-hydrogen) atoms. The van der Waals surface area contributed by atoms with Gasteiger partial charge in [-0.1, -0.05) is 12.1 Å². The molecule has 0 aromatic heterocycles. The van der Waals surface area contributed by atoms with E-state index >= 15 is 0 Å². The molecule has 0 aliphatic carbocycles. The maximum Gasteiger partial charge on any atom is 0.323 e. The van der Waals surface area contributed by atoms with Crippen molar-refractivity contribution >= 4 is 5.97 Å². The normalized spacial score (nSPS) is 14.1. The van der Waals surface area contributed by atoms with Gasteiger partial charge in [0.25, 0.3) is 0 Å². The second kappa shape index (κ2) is 5.40. The molecule has 3 N–H and O–H groups in total. The largest absolute Gasteiger partial charge is 0.493 e. The summed E-state index contributed by atoms with van der Waals surface area (Å²) in [5, 5.41) is 8.91. The van der Waals surface area contributed by atoms with E-state index in [0.29, 0.717) is 6.61 Å². The Morgan fingerprint density at radius 3 is 2.44 bits per heavy atom. The number of ether oxygens (including phenoxy) is 1. The molecule has 4 heteroatoms. The Morgan fingerprint density at radius 1 is 1.33 bits per heavy atom. The van der Waals surface area contributed by atoms with Crippen LogP contribution in [-0.4, -0.2) is 23.2 Å². The van der Waals surface area contributed by atoms with Gasteiger partial charge in [0.2, 0.25) is 0 Å². The van der Waals surface area contributed by atoms with Crippen molar-refractivity contribution in [2.24, 2.45) is 5.73 Å². The zero-order valence-electron chi connectivity index (χ0n) is 11.4. The third kappa shape index (κ3) is 3.23. The Labute approximate surface area is 108 Å². The molecule has 0 aliphatic rings. The summed E-state index contributed by atoms with van der Waals surface area (Å²) in [6.07, 6.45) is 0.273. The fraction of sp³-hybridized carbons (Fsp3) is 0.500. The van der Waals surface area contributed by atoms with Crippen LogP contribution in [0.2, 0.25) is 0 Å². The molecule has 1 unspecified atom stereocenters. The number of aliphatic carboxylic acids is 1. The highest BCUT2D eigenvalue weighted by atomic mass is 16.5. The van der Waals surface area contributed by atoms with Crippen LogP contribution in [0.25, 0.3) is 0 Å². The number of aryl methyl sites for hydroxylation is 2. The van der Waals surface area contributed by atoms with Gasteiger partial charge < -0.3 is 15.6 Å². The monoisotopic (exact) mass is 251 g/mol. The predicted molar refractivity (Wildman–Crippen MR) is 71.0 cm³/mol. The minimum atomic E-state index is -1.24. The van der Waals surface area contributed by atoms with Crippen molar-refractivity contribution in [2.75, 3.05) is 6.61 Å². The van der Waals surface area contributed by atoms with Crippen LogP contribution in [0, 0.1) is 20.8 Å². The number of hydrogen-bond donors (Lipinski definition) is 2. The van der Waals surface area contributed by atoms with E-state index in [4.69, 9.17) is 15.6 Å². The Balaban J connectivity index is 2.71. The number of carboxylic acid groups (broad SMARTS) is 1. The number of benzene rings is 1. The predicted octanol–water partition coefficient (Wildman–Crippen LogP) is 2.18. The molecule has 0 bridgehead atoms. The van der Waals surface area contributed by atoms with E-state index in [1.165, 1.54) is 6.92 Å². The highest BCUT2D eigenvalue weighted by molar-refractivity contribution is 5.77. The van der Waals surface area contributed by atoms with Gasteiger partial charge in [-0.05, 0) is 44.4 Å². The van der Waals surface area contributed by atoms with Gasteiger partial charge in [0.1, 0.15) is 11.3 Å². The molecular weight excluding hydrogens is 230 g/mol. The van der Waals surface area contributed by atoms with Crippen LogP contribution < -0.4 is 10.5 Å². The van der Waals surface area contributed by atoms with Crippen molar-refractivity contribution in [2.45, 2.75) is 39.7 Å². The number of carboxylic acids is 1. The number of carbonyl (C=O) groups is 1. The molecule has 1 rings (SSSR count). The first-order valence-electron chi connectivity index (χ1n) is 5.97. The maximum atomic E-state index is 10.9. The lowest BCUT2D eigenvalue weighted by Crippen LogP contribution is -2.45. The molecule has 0 fully saturated rings. The Hall–Kier alpha value is -1.55. The summed E-state index contributed by atoms with van der Waals surface area (Å²) in [6.45, 7) is 7.78. The first-order chi connectivity index (χ1) is 8.25. The maximum absolute atomic E-state index is 10.9. The average molecular weight is 251 g/mol. The molecule has 100 valence electrons. The zero-order chi connectivity index (χ0) is 13.9. The van der Waals surface area contributed by atoms with Crippen LogP contribution >= 0.6 is 0 Å². The smallest absolute Gasteiger partial charge is 0.323 e. The van der Waals surface area contributed by atoms with Gasteiger partial charge in [0.15, 0.2) is 0 Å². The molecule has 0 aliphatic heterocycles. The van der Waals surface area contributed by atoms with E-state index in [-0.39, 0.29) is 6.42 Å². The van der Waals surface area contributed by atoms with E-state index in [9.17, 15) is 4.79 Å². The Morgan fingerprint density at radius 2 is 1.89 bits per heavy atom. The van der Waals surface area contributed by atoms with Gasteiger partial charge in [0.05, 0.1) is 6.61 Å². The summed E-state index contributed by atoms with van der Waals surface area (Å²) in [5.41, 5.74) is 7.70. The third-order valence-corrected chi connectivity index (χ3v) is 3.23. The van der Waals surface area contributed by atoms with Crippen molar-refractivity contribution in [3.05, 3.63) is 28.8 Å². The summed E-state index contributed by atoms with van der Waals surface area (Å²) in [7, 11) is 0. The van der Waals surface area contributed by atoms with Crippen LogP contribution in [0.3, 0.4) is 0 Å². The van der Waals surface area contributed by atoms with Crippen molar-refractivity contribution in [3.8, 4) is 5.75 Å². The van der Waals surface area contributed by atoms with Crippen molar-refractivity contribution in [1.82, 2.24) is 0 Å². The van der Waals surface area contributed by atoms with Crippen LogP contribution in [0.1, 0.15) is 30.0 Å². The van der Waals surface area contributed by atoms with Crippen LogP contribution in [0.5, 0.6) is 5.75 Å². The van der Waals surface area contributed by atoms with Gasteiger partial charge in [-0.25, -0.2) is 0 Å². The molecule has 0 spiro atoms. The summed E-state index contributed by atoms with van der Waals surface area (Å²) in [4.78, 5) is 10.9. The molecular formula is C14H21NO3. The third-order valence-electron chi connectivity index (χ3n) is 3.23. The minimum absolute atomic E-state index is 0.273. The molecule has 1 atom stereocenters. The number of hydrogen-bond acceptors (Lipinski definition) is 3. The van der Waals surface area contributed by atoms with Crippen molar-refractivity contribution in [3.63, 3.8) is 0 Å². The molecule has 0 saturated heterocycles. The highest BCUT2D eigenvalue weighted by Crippen LogP contribution is 2.26. The van der Waals surface area contributed by atoms with Gasteiger partial charge in [-0.3, -0.25) is 4.79 Å².